The molecule has 8 heteroatoms. The van der Waals surface area contributed by atoms with Crippen molar-refractivity contribution in [1.29, 1.82) is 0 Å². The predicted octanol–water partition coefficient (Wildman–Crippen LogP) is 3.25. The summed E-state index contributed by atoms with van der Waals surface area (Å²) in [6, 6.07) is 5.56. The van der Waals surface area contributed by atoms with Gasteiger partial charge < -0.3 is 20.1 Å². The second-order valence-electron chi connectivity index (χ2n) is 5.93. The van der Waals surface area contributed by atoms with Gasteiger partial charge in [0.05, 0.1) is 12.0 Å². The minimum Gasteiger partial charge on any atom is -0.481 e. The van der Waals surface area contributed by atoms with E-state index in [0.717, 1.165) is 0 Å². The fourth-order valence-corrected chi connectivity index (χ4v) is 2.94. The lowest BCUT2D eigenvalue weighted by atomic mass is 9.97. The number of likely N-dealkylation sites (tertiary alicyclic amines) is 1. The van der Waals surface area contributed by atoms with Gasteiger partial charge in [-0.3, -0.25) is 4.79 Å². The SMILES string of the molecule is CCC(NC(=O)N1CCC(C(=O)O)CC1)c1ccccc1OC(F)F. The van der Waals surface area contributed by atoms with Crippen LogP contribution in [0.4, 0.5) is 13.6 Å². The Balaban J connectivity index is 2.03. The summed E-state index contributed by atoms with van der Waals surface area (Å²) in [4.78, 5) is 25.0. The second-order valence-corrected chi connectivity index (χ2v) is 5.93. The third kappa shape index (κ3) is 5.04. The number of aliphatic carboxylic acids is 1. The topological polar surface area (TPSA) is 78.9 Å². The highest BCUT2D eigenvalue weighted by molar-refractivity contribution is 5.76. The number of amides is 2. The molecule has 1 unspecified atom stereocenters. The van der Waals surface area contributed by atoms with Crippen LogP contribution in [0.3, 0.4) is 0 Å². The van der Waals surface area contributed by atoms with Crippen LogP contribution in [0.25, 0.3) is 0 Å². The molecule has 1 aromatic carbocycles. The molecular formula is C17H22F2N2O4. The van der Waals surface area contributed by atoms with E-state index in [2.05, 4.69) is 10.1 Å². The normalized spacial score (nSPS) is 16.6. The molecule has 0 saturated carbocycles. The van der Waals surface area contributed by atoms with Crippen molar-refractivity contribution in [2.45, 2.75) is 38.8 Å². The van der Waals surface area contributed by atoms with Crippen LogP contribution < -0.4 is 10.1 Å². The first-order chi connectivity index (χ1) is 11.9. The number of carbonyl (C=O) groups is 2. The maximum absolute atomic E-state index is 12.6. The van der Waals surface area contributed by atoms with Gasteiger partial charge in [-0.1, -0.05) is 25.1 Å². The van der Waals surface area contributed by atoms with E-state index in [1.165, 1.54) is 6.07 Å². The van der Waals surface area contributed by atoms with E-state index in [1.54, 1.807) is 23.1 Å². The van der Waals surface area contributed by atoms with Crippen molar-refractivity contribution in [1.82, 2.24) is 10.2 Å². The number of halogens is 2. The molecule has 2 N–H and O–H groups in total. The van der Waals surface area contributed by atoms with Gasteiger partial charge in [-0.05, 0) is 25.3 Å². The molecule has 1 atom stereocenters. The highest BCUT2D eigenvalue weighted by Crippen LogP contribution is 2.29. The molecule has 0 aliphatic carbocycles. The van der Waals surface area contributed by atoms with Gasteiger partial charge >= 0.3 is 18.6 Å². The Bertz CT molecular complexity index is 604. The van der Waals surface area contributed by atoms with Crippen LogP contribution >= 0.6 is 0 Å². The molecule has 2 amide bonds. The molecule has 25 heavy (non-hydrogen) atoms. The van der Waals surface area contributed by atoms with Crippen molar-refractivity contribution in [3.8, 4) is 5.75 Å². The number of benzene rings is 1. The third-order valence-electron chi connectivity index (χ3n) is 4.35. The Hall–Kier alpha value is -2.38. The first-order valence-electron chi connectivity index (χ1n) is 8.24. The van der Waals surface area contributed by atoms with Gasteiger partial charge in [0.25, 0.3) is 0 Å². The minimum absolute atomic E-state index is 0.0363. The molecule has 1 aromatic rings. The van der Waals surface area contributed by atoms with Gasteiger partial charge in [-0.2, -0.15) is 8.78 Å². The van der Waals surface area contributed by atoms with Crippen molar-refractivity contribution >= 4 is 12.0 Å². The van der Waals surface area contributed by atoms with Crippen molar-refractivity contribution in [2.24, 2.45) is 5.92 Å². The first-order valence-corrected chi connectivity index (χ1v) is 8.24. The van der Waals surface area contributed by atoms with Crippen LogP contribution in [0.1, 0.15) is 37.8 Å². The summed E-state index contributed by atoms with van der Waals surface area (Å²) in [5.74, 6) is -1.23. The maximum Gasteiger partial charge on any atom is 0.387 e. The summed E-state index contributed by atoms with van der Waals surface area (Å²) in [5.41, 5.74) is 0.485. The van der Waals surface area contributed by atoms with E-state index < -0.39 is 24.5 Å². The lowest BCUT2D eigenvalue weighted by Crippen LogP contribution is -2.46. The molecule has 2 rings (SSSR count). The highest BCUT2D eigenvalue weighted by atomic mass is 19.3. The highest BCUT2D eigenvalue weighted by Gasteiger charge is 2.28. The molecule has 0 spiro atoms. The molecule has 1 fully saturated rings. The molecule has 138 valence electrons. The number of nitrogens with one attached hydrogen (secondary N) is 1. The average molecular weight is 356 g/mol. The standard InChI is InChI=1S/C17H22F2N2O4/c1-2-13(12-5-3-4-6-14(12)25-16(18)19)20-17(24)21-9-7-11(8-10-21)15(22)23/h3-6,11,13,16H,2,7-10H2,1H3,(H,20,24)(H,22,23). The lowest BCUT2D eigenvalue weighted by Gasteiger charge is -2.32. The quantitative estimate of drug-likeness (QED) is 0.820. The number of hydrogen-bond donors (Lipinski definition) is 2. The number of piperidine rings is 1. The zero-order valence-corrected chi connectivity index (χ0v) is 14.0. The zero-order chi connectivity index (χ0) is 18.4. The van der Waals surface area contributed by atoms with E-state index in [0.29, 0.717) is 37.9 Å². The molecule has 0 aromatic heterocycles. The Morgan fingerprint density at radius 2 is 1.96 bits per heavy atom. The van der Waals surface area contributed by atoms with Crippen molar-refractivity contribution < 1.29 is 28.2 Å². The molecule has 0 bridgehead atoms. The second kappa shape index (κ2) is 8.64. The van der Waals surface area contributed by atoms with Crippen LogP contribution in [0.5, 0.6) is 5.75 Å². The van der Waals surface area contributed by atoms with Crippen LogP contribution in [-0.4, -0.2) is 41.7 Å². The first kappa shape index (κ1) is 19.0. The molecular weight excluding hydrogens is 334 g/mol. The monoisotopic (exact) mass is 356 g/mol. The van der Waals surface area contributed by atoms with Gasteiger partial charge in [-0.15, -0.1) is 0 Å². The summed E-state index contributed by atoms with van der Waals surface area (Å²) in [5, 5.41) is 11.8. The van der Waals surface area contributed by atoms with Crippen LogP contribution in [-0.2, 0) is 4.79 Å². The Morgan fingerprint density at radius 1 is 1.32 bits per heavy atom. The van der Waals surface area contributed by atoms with E-state index in [4.69, 9.17) is 5.11 Å². The average Bonchev–Trinajstić information content (AvgIpc) is 2.59. The summed E-state index contributed by atoms with van der Waals surface area (Å²) in [6.45, 7) is -0.395. The van der Waals surface area contributed by atoms with Crippen LogP contribution in [0.15, 0.2) is 24.3 Å². The molecule has 0 radical (unpaired) electrons. The van der Waals surface area contributed by atoms with Gasteiger partial charge in [-0.25, -0.2) is 4.79 Å². The molecule has 1 aliphatic heterocycles. The third-order valence-corrected chi connectivity index (χ3v) is 4.35. The maximum atomic E-state index is 12.6. The molecule has 1 saturated heterocycles. The molecule has 1 heterocycles. The summed E-state index contributed by atoms with van der Waals surface area (Å²) in [6.07, 6.45) is 1.32. The van der Waals surface area contributed by atoms with Crippen LogP contribution in [0.2, 0.25) is 0 Å². The Labute approximate surface area is 144 Å². The molecule has 6 nitrogen and oxygen atoms in total. The van der Waals surface area contributed by atoms with E-state index in [1.807, 2.05) is 6.92 Å². The van der Waals surface area contributed by atoms with Crippen molar-refractivity contribution in [3.63, 3.8) is 0 Å². The van der Waals surface area contributed by atoms with Gasteiger partial charge in [0.15, 0.2) is 0 Å². The van der Waals surface area contributed by atoms with Crippen molar-refractivity contribution in [2.75, 3.05) is 13.1 Å². The number of para-hydroxylation sites is 1. The number of carbonyl (C=O) groups excluding carboxylic acids is 1. The number of carboxylic acids is 1. The summed E-state index contributed by atoms with van der Waals surface area (Å²) in [7, 11) is 0. The number of carboxylic acid groups (broad SMARTS) is 1. The number of rotatable bonds is 6. The predicted molar refractivity (Wildman–Crippen MR) is 86.6 cm³/mol. The largest absolute Gasteiger partial charge is 0.481 e. The van der Waals surface area contributed by atoms with Crippen molar-refractivity contribution in [3.05, 3.63) is 29.8 Å². The number of hydrogen-bond acceptors (Lipinski definition) is 3. The summed E-state index contributed by atoms with van der Waals surface area (Å²) >= 11 is 0. The number of urea groups is 1. The fourth-order valence-electron chi connectivity index (χ4n) is 2.94. The Morgan fingerprint density at radius 3 is 2.52 bits per heavy atom. The fraction of sp³-hybridized carbons (Fsp3) is 0.529. The van der Waals surface area contributed by atoms with E-state index in [-0.39, 0.29) is 11.8 Å². The lowest BCUT2D eigenvalue weighted by molar-refractivity contribution is -0.143. The number of ether oxygens (including phenoxy) is 1. The van der Waals surface area contributed by atoms with E-state index in [9.17, 15) is 18.4 Å². The van der Waals surface area contributed by atoms with Gasteiger partial charge in [0.1, 0.15) is 5.75 Å². The van der Waals surface area contributed by atoms with E-state index >= 15 is 0 Å². The van der Waals surface area contributed by atoms with Gasteiger partial charge in [0, 0.05) is 18.7 Å². The van der Waals surface area contributed by atoms with Gasteiger partial charge in [0.2, 0.25) is 0 Å². The smallest absolute Gasteiger partial charge is 0.387 e. The number of nitrogens with zero attached hydrogens (tertiary/aromatic N) is 1. The zero-order valence-electron chi connectivity index (χ0n) is 14.0. The summed E-state index contributed by atoms with van der Waals surface area (Å²) < 4.78 is 29.6. The molecule has 1 aliphatic rings. The Kier molecular flexibility index (Phi) is 6.55. The minimum atomic E-state index is -2.94. The number of alkyl halides is 2. The van der Waals surface area contributed by atoms with Crippen LogP contribution in [0, 0.1) is 5.92 Å².